The molecule has 3 rings (SSSR count). The lowest BCUT2D eigenvalue weighted by Crippen LogP contribution is -2.12. The van der Waals surface area contributed by atoms with E-state index in [1.807, 2.05) is 42.5 Å². The summed E-state index contributed by atoms with van der Waals surface area (Å²) in [6.45, 7) is 0. The van der Waals surface area contributed by atoms with Crippen molar-refractivity contribution in [3.8, 4) is 11.1 Å². The number of pyridine rings is 1. The Balaban J connectivity index is 1.75. The van der Waals surface area contributed by atoms with E-state index >= 15 is 0 Å². The molecule has 1 aromatic heterocycles. The number of anilines is 1. The van der Waals surface area contributed by atoms with Crippen LogP contribution in [0.3, 0.4) is 0 Å². The number of benzene rings is 2. The summed E-state index contributed by atoms with van der Waals surface area (Å²) in [5.74, 6) is 0.274. The zero-order valence-electron chi connectivity index (χ0n) is 11.7. The minimum absolute atomic E-state index is 0.200. The smallest absolute Gasteiger partial charge is 0.256 e. The zero-order chi connectivity index (χ0) is 15.4. The SMILES string of the molecule is O=C(Nc1ccc(Cl)cn1)c1ccc(-c2ccccc2)cc1. The molecule has 2 aromatic carbocycles. The first-order chi connectivity index (χ1) is 10.7. The van der Waals surface area contributed by atoms with Crippen molar-refractivity contribution in [2.75, 3.05) is 5.32 Å². The van der Waals surface area contributed by atoms with Crippen LogP contribution in [0.2, 0.25) is 5.02 Å². The summed E-state index contributed by atoms with van der Waals surface area (Å²) >= 11 is 5.77. The third-order valence-corrected chi connectivity index (χ3v) is 3.45. The van der Waals surface area contributed by atoms with Crippen LogP contribution in [0.5, 0.6) is 0 Å². The lowest BCUT2D eigenvalue weighted by molar-refractivity contribution is 0.102. The second-order valence-corrected chi connectivity index (χ2v) is 5.20. The molecule has 0 saturated carbocycles. The van der Waals surface area contributed by atoms with Crippen molar-refractivity contribution < 1.29 is 4.79 Å². The van der Waals surface area contributed by atoms with Gasteiger partial charge in [-0.05, 0) is 35.4 Å². The van der Waals surface area contributed by atoms with Gasteiger partial charge in [0.05, 0.1) is 5.02 Å². The predicted octanol–water partition coefficient (Wildman–Crippen LogP) is 4.65. The second-order valence-electron chi connectivity index (χ2n) is 4.76. The lowest BCUT2D eigenvalue weighted by Gasteiger charge is -2.06. The first-order valence-corrected chi connectivity index (χ1v) is 7.18. The maximum Gasteiger partial charge on any atom is 0.256 e. The third-order valence-electron chi connectivity index (χ3n) is 3.22. The van der Waals surface area contributed by atoms with E-state index in [-0.39, 0.29) is 5.91 Å². The van der Waals surface area contributed by atoms with Crippen LogP contribution in [-0.2, 0) is 0 Å². The highest BCUT2D eigenvalue weighted by Gasteiger charge is 2.07. The molecule has 4 heteroatoms. The molecule has 0 unspecified atom stereocenters. The van der Waals surface area contributed by atoms with Gasteiger partial charge in [0.2, 0.25) is 0 Å². The summed E-state index contributed by atoms with van der Waals surface area (Å²) < 4.78 is 0. The summed E-state index contributed by atoms with van der Waals surface area (Å²) in [5, 5.41) is 3.27. The number of nitrogens with zero attached hydrogens (tertiary/aromatic N) is 1. The number of aromatic nitrogens is 1. The molecule has 3 nitrogen and oxygen atoms in total. The number of hydrogen-bond acceptors (Lipinski definition) is 2. The summed E-state index contributed by atoms with van der Waals surface area (Å²) in [4.78, 5) is 16.2. The molecule has 1 amide bonds. The van der Waals surface area contributed by atoms with Crippen LogP contribution in [0.15, 0.2) is 72.9 Å². The molecular weight excluding hydrogens is 296 g/mol. The van der Waals surface area contributed by atoms with Crippen molar-refractivity contribution in [3.63, 3.8) is 0 Å². The Bertz CT molecular complexity index is 768. The minimum Gasteiger partial charge on any atom is -0.307 e. The number of nitrogens with one attached hydrogen (secondary N) is 1. The fourth-order valence-electron chi connectivity index (χ4n) is 2.08. The van der Waals surface area contributed by atoms with Crippen LogP contribution in [0.25, 0.3) is 11.1 Å². The molecule has 108 valence electrons. The summed E-state index contributed by atoms with van der Waals surface area (Å²) in [6.07, 6.45) is 1.50. The topological polar surface area (TPSA) is 42.0 Å². The van der Waals surface area contributed by atoms with Gasteiger partial charge in [0.15, 0.2) is 0 Å². The monoisotopic (exact) mass is 308 g/mol. The van der Waals surface area contributed by atoms with Crippen LogP contribution in [-0.4, -0.2) is 10.9 Å². The van der Waals surface area contributed by atoms with Crippen LogP contribution < -0.4 is 5.32 Å². The van der Waals surface area contributed by atoms with Crippen molar-refractivity contribution in [2.24, 2.45) is 0 Å². The molecule has 0 atom stereocenters. The van der Waals surface area contributed by atoms with Gasteiger partial charge in [-0.3, -0.25) is 4.79 Å². The third kappa shape index (κ3) is 3.32. The maximum atomic E-state index is 12.2. The van der Waals surface area contributed by atoms with Crippen molar-refractivity contribution in [1.29, 1.82) is 0 Å². The number of halogens is 1. The average Bonchev–Trinajstić information content (AvgIpc) is 2.58. The lowest BCUT2D eigenvalue weighted by atomic mass is 10.0. The average molecular weight is 309 g/mol. The minimum atomic E-state index is -0.200. The molecule has 0 spiro atoms. The highest BCUT2D eigenvalue weighted by Crippen LogP contribution is 2.19. The van der Waals surface area contributed by atoms with E-state index in [0.29, 0.717) is 16.4 Å². The van der Waals surface area contributed by atoms with Crippen molar-refractivity contribution >= 4 is 23.3 Å². The Morgan fingerprint density at radius 3 is 2.18 bits per heavy atom. The molecule has 0 fully saturated rings. The molecule has 22 heavy (non-hydrogen) atoms. The number of amides is 1. The van der Waals surface area contributed by atoms with E-state index in [4.69, 9.17) is 11.6 Å². The number of carbonyl (C=O) groups excluding carboxylic acids is 1. The van der Waals surface area contributed by atoms with Crippen LogP contribution in [0, 0.1) is 0 Å². The fourth-order valence-corrected chi connectivity index (χ4v) is 2.19. The quantitative estimate of drug-likeness (QED) is 0.765. The van der Waals surface area contributed by atoms with E-state index in [0.717, 1.165) is 11.1 Å². The fraction of sp³-hybridized carbons (Fsp3) is 0. The van der Waals surface area contributed by atoms with Gasteiger partial charge < -0.3 is 5.32 Å². The Hall–Kier alpha value is -2.65. The van der Waals surface area contributed by atoms with Crippen molar-refractivity contribution in [1.82, 2.24) is 4.98 Å². The van der Waals surface area contributed by atoms with Gasteiger partial charge in [-0.15, -0.1) is 0 Å². The van der Waals surface area contributed by atoms with Gasteiger partial charge in [0.25, 0.3) is 5.91 Å². The van der Waals surface area contributed by atoms with Gasteiger partial charge >= 0.3 is 0 Å². The summed E-state index contributed by atoms with van der Waals surface area (Å²) in [7, 11) is 0. The summed E-state index contributed by atoms with van der Waals surface area (Å²) in [6, 6.07) is 20.8. The molecule has 0 saturated heterocycles. The molecule has 0 aliphatic rings. The first-order valence-electron chi connectivity index (χ1n) is 6.81. The van der Waals surface area contributed by atoms with E-state index in [1.165, 1.54) is 6.20 Å². The van der Waals surface area contributed by atoms with Gasteiger partial charge in [-0.1, -0.05) is 54.1 Å². The summed E-state index contributed by atoms with van der Waals surface area (Å²) in [5.41, 5.74) is 2.77. The van der Waals surface area contributed by atoms with Crippen LogP contribution in [0.4, 0.5) is 5.82 Å². The normalized spacial score (nSPS) is 10.2. The molecule has 1 heterocycles. The highest BCUT2D eigenvalue weighted by molar-refractivity contribution is 6.30. The van der Waals surface area contributed by atoms with E-state index in [1.54, 1.807) is 24.3 Å². The molecule has 0 aliphatic carbocycles. The Morgan fingerprint density at radius 2 is 1.55 bits per heavy atom. The van der Waals surface area contributed by atoms with Crippen LogP contribution in [0.1, 0.15) is 10.4 Å². The van der Waals surface area contributed by atoms with Gasteiger partial charge in [-0.25, -0.2) is 4.98 Å². The number of rotatable bonds is 3. The largest absolute Gasteiger partial charge is 0.307 e. The van der Waals surface area contributed by atoms with Gasteiger partial charge in [-0.2, -0.15) is 0 Å². The molecule has 0 bridgehead atoms. The van der Waals surface area contributed by atoms with Crippen LogP contribution >= 0.6 is 11.6 Å². The predicted molar refractivity (Wildman–Crippen MR) is 89.1 cm³/mol. The Morgan fingerprint density at radius 1 is 0.864 bits per heavy atom. The van der Waals surface area contributed by atoms with E-state index in [2.05, 4.69) is 10.3 Å². The molecule has 0 aliphatic heterocycles. The number of carbonyl (C=O) groups is 1. The highest BCUT2D eigenvalue weighted by atomic mass is 35.5. The number of hydrogen-bond donors (Lipinski definition) is 1. The molecular formula is C18H13ClN2O. The van der Waals surface area contributed by atoms with E-state index in [9.17, 15) is 4.79 Å². The van der Waals surface area contributed by atoms with E-state index < -0.39 is 0 Å². The molecule has 1 N–H and O–H groups in total. The van der Waals surface area contributed by atoms with Crippen molar-refractivity contribution in [3.05, 3.63) is 83.5 Å². The van der Waals surface area contributed by atoms with Gasteiger partial charge in [0, 0.05) is 11.8 Å². The van der Waals surface area contributed by atoms with Gasteiger partial charge in [0.1, 0.15) is 5.82 Å². The van der Waals surface area contributed by atoms with Crippen molar-refractivity contribution in [2.45, 2.75) is 0 Å². The first kappa shape index (κ1) is 14.3. The molecule has 3 aromatic rings. The second kappa shape index (κ2) is 6.41. The zero-order valence-corrected chi connectivity index (χ0v) is 12.4. The Kier molecular flexibility index (Phi) is 4.17. The standard InChI is InChI=1S/C18H13ClN2O/c19-16-10-11-17(20-12-16)21-18(22)15-8-6-14(7-9-15)13-4-2-1-3-5-13/h1-12H,(H,20,21,22). The molecule has 0 radical (unpaired) electrons. The maximum absolute atomic E-state index is 12.2. The Labute approximate surface area is 133 Å².